The van der Waals surface area contributed by atoms with E-state index < -0.39 is 0 Å². The fraction of sp³-hybridized carbons (Fsp3) is 0.421. The van der Waals surface area contributed by atoms with E-state index >= 15 is 0 Å². The zero-order valence-corrected chi connectivity index (χ0v) is 15.9. The van der Waals surface area contributed by atoms with E-state index in [0.29, 0.717) is 35.5 Å². The Morgan fingerprint density at radius 3 is 2.56 bits per heavy atom. The number of halogens is 1. The van der Waals surface area contributed by atoms with Gasteiger partial charge in [-0.05, 0) is 43.2 Å². The van der Waals surface area contributed by atoms with Crippen molar-refractivity contribution in [1.29, 1.82) is 0 Å². The van der Waals surface area contributed by atoms with Gasteiger partial charge in [0.15, 0.2) is 5.82 Å². The number of carbonyl (C=O) groups excluding carboxylic acids is 1. The minimum atomic E-state index is -0.162. The highest BCUT2D eigenvalue weighted by atomic mass is 35.5. The molecule has 2 aromatic rings. The Morgan fingerprint density at radius 2 is 1.93 bits per heavy atom. The van der Waals surface area contributed by atoms with Gasteiger partial charge in [-0.3, -0.25) is 0 Å². The Balaban J connectivity index is 1.34. The lowest BCUT2D eigenvalue weighted by atomic mass is 10.2. The molecule has 2 amide bonds. The molecule has 0 unspecified atom stereocenters. The number of methoxy groups -OCH3 is 1. The summed E-state index contributed by atoms with van der Waals surface area (Å²) in [6.45, 7) is 2.66. The maximum absolute atomic E-state index is 12.6. The first kappa shape index (κ1) is 17.9. The Bertz CT molecular complexity index is 817. The summed E-state index contributed by atoms with van der Waals surface area (Å²) in [7, 11) is 1.56. The molecule has 7 nitrogen and oxygen atoms in total. The van der Waals surface area contributed by atoms with E-state index in [4.69, 9.17) is 16.3 Å². The molecular formula is C19H22ClN5O2. The molecule has 2 fully saturated rings. The van der Waals surface area contributed by atoms with Crippen molar-refractivity contribution in [2.75, 3.05) is 43.5 Å². The molecule has 1 aromatic heterocycles. The first-order chi connectivity index (χ1) is 13.1. The van der Waals surface area contributed by atoms with Crippen LogP contribution in [0.5, 0.6) is 5.75 Å². The summed E-state index contributed by atoms with van der Waals surface area (Å²) in [6, 6.07) is 9.10. The lowest BCUT2D eigenvalue weighted by Crippen LogP contribution is -2.50. The summed E-state index contributed by atoms with van der Waals surface area (Å²) in [5.41, 5.74) is 1.66. The van der Waals surface area contributed by atoms with Crippen LogP contribution in [0.1, 0.15) is 24.5 Å². The number of urea groups is 1. The number of hydrogen-bond acceptors (Lipinski definition) is 5. The smallest absolute Gasteiger partial charge is 0.322 e. The summed E-state index contributed by atoms with van der Waals surface area (Å²) in [5.74, 6) is 2.06. The number of nitrogens with zero attached hydrogens (tertiary/aromatic N) is 4. The number of hydrogen-bond donors (Lipinski definition) is 1. The van der Waals surface area contributed by atoms with Gasteiger partial charge in [0.25, 0.3) is 0 Å². The second-order valence-corrected chi connectivity index (χ2v) is 7.28. The van der Waals surface area contributed by atoms with E-state index in [9.17, 15) is 4.79 Å². The second-order valence-electron chi connectivity index (χ2n) is 6.84. The van der Waals surface area contributed by atoms with Gasteiger partial charge in [-0.25, -0.2) is 4.79 Å². The number of rotatable bonds is 4. The molecule has 1 aliphatic carbocycles. The molecule has 27 heavy (non-hydrogen) atoms. The third-order valence-corrected chi connectivity index (χ3v) is 5.20. The van der Waals surface area contributed by atoms with Gasteiger partial charge < -0.3 is 19.9 Å². The molecular weight excluding hydrogens is 366 g/mol. The van der Waals surface area contributed by atoms with Crippen LogP contribution in [0.2, 0.25) is 5.02 Å². The number of aromatic nitrogens is 2. The molecule has 0 spiro atoms. The second kappa shape index (κ2) is 7.60. The maximum atomic E-state index is 12.6. The van der Waals surface area contributed by atoms with Gasteiger partial charge in [-0.2, -0.15) is 5.10 Å². The molecule has 1 saturated heterocycles. The number of amides is 2. The van der Waals surface area contributed by atoms with Crippen molar-refractivity contribution in [1.82, 2.24) is 15.1 Å². The highest BCUT2D eigenvalue weighted by Crippen LogP contribution is 2.38. The van der Waals surface area contributed by atoms with Crippen molar-refractivity contribution in [3.05, 3.63) is 41.0 Å². The van der Waals surface area contributed by atoms with Crippen LogP contribution in [0.15, 0.2) is 30.3 Å². The van der Waals surface area contributed by atoms with Crippen LogP contribution >= 0.6 is 11.6 Å². The molecule has 1 N–H and O–H groups in total. The zero-order valence-electron chi connectivity index (χ0n) is 15.2. The third-order valence-electron chi connectivity index (χ3n) is 4.96. The first-order valence-corrected chi connectivity index (χ1v) is 9.50. The van der Waals surface area contributed by atoms with Gasteiger partial charge in [0, 0.05) is 37.1 Å². The highest BCUT2D eigenvalue weighted by Gasteiger charge is 2.26. The van der Waals surface area contributed by atoms with Gasteiger partial charge in [0.2, 0.25) is 0 Å². The number of anilines is 2. The van der Waals surface area contributed by atoms with Crippen LogP contribution < -0.4 is 15.0 Å². The summed E-state index contributed by atoms with van der Waals surface area (Å²) < 4.78 is 5.28. The molecule has 1 aromatic carbocycles. The summed E-state index contributed by atoms with van der Waals surface area (Å²) in [4.78, 5) is 16.5. The molecule has 2 aliphatic rings. The topological polar surface area (TPSA) is 70.6 Å². The maximum Gasteiger partial charge on any atom is 0.322 e. The van der Waals surface area contributed by atoms with E-state index in [1.165, 1.54) is 12.8 Å². The predicted molar refractivity (Wildman–Crippen MR) is 105 cm³/mol. The van der Waals surface area contributed by atoms with Crippen molar-refractivity contribution in [3.63, 3.8) is 0 Å². The Morgan fingerprint density at radius 1 is 1.15 bits per heavy atom. The monoisotopic (exact) mass is 387 g/mol. The fourth-order valence-corrected chi connectivity index (χ4v) is 3.38. The highest BCUT2D eigenvalue weighted by molar-refractivity contribution is 6.31. The quantitative estimate of drug-likeness (QED) is 0.870. The van der Waals surface area contributed by atoms with Crippen LogP contribution in [0.25, 0.3) is 0 Å². The third kappa shape index (κ3) is 4.08. The number of benzene rings is 1. The number of carbonyl (C=O) groups is 1. The Kier molecular flexibility index (Phi) is 5.03. The molecule has 142 valence electrons. The zero-order chi connectivity index (χ0) is 18.8. The molecule has 2 heterocycles. The van der Waals surface area contributed by atoms with E-state index in [2.05, 4.69) is 26.5 Å². The lowest BCUT2D eigenvalue weighted by molar-refractivity contribution is 0.208. The lowest BCUT2D eigenvalue weighted by Gasteiger charge is -2.35. The van der Waals surface area contributed by atoms with E-state index in [-0.39, 0.29) is 6.03 Å². The van der Waals surface area contributed by atoms with Crippen molar-refractivity contribution in [3.8, 4) is 5.75 Å². The van der Waals surface area contributed by atoms with Crippen molar-refractivity contribution >= 4 is 29.1 Å². The van der Waals surface area contributed by atoms with Gasteiger partial charge >= 0.3 is 6.03 Å². The Labute approximate surface area is 163 Å². The minimum Gasteiger partial charge on any atom is -0.495 e. The summed E-state index contributed by atoms with van der Waals surface area (Å²) >= 11 is 6.02. The summed E-state index contributed by atoms with van der Waals surface area (Å²) in [5, 5.41) is 12.1. The molecule has 4 rings (SSSR count). The van der Waals surface area contributed by atoms with Crippen LogP contribution in [-0.2, 0) is 0 Å². The molecule has 0 bridgehead atoms. The molecule has 1 aliphatic heterocycles. The normalized spacial score (nSPS) is 17.0. The van der Waals surface area contributed by atoms with Gasteiger partial charge in [0.05, 0.1) is 18.5 Å². The van der Waals surface area contributed by atoms with Gasteiger partial charge in [-0.15, -0.1) is 5.10 Å². The van der Waals surface area contributed by atoms with Crippen molar-refractivity contribution in [2.24, 2.45) is 0 Å². The van der Waals surface area contributed by atoms with Crippen molar-refractivity contribution in [2.45, 2.75) is 18.8 Å². The standard InChI is InChI=1S/C19H22ClN5O2/c1-27-17-6-4-14(20)12-16(17)21-19(26)25-10-8-24(9-11-25)18-7-5-15(22-23-18)13-2-3-13/h4-7,12-13H,2-3,8-11H2,1H3,(H,21,26). The van der Waals surface area contributed by atoms with Gasteiger partial charge in [0.1, 0.15) is 5.75 Å². The number of nitrogens with one attached hydrogen (secondary N) is 1. The average Bonchev–Trinajstić information content (AvgIpc) is 3.54. The number of piperazine rings is 1. The predicted octanol–water partition coefficient (Wildman–Crippen LogP) is 3.37. The SMILES string of the molecule is COc1ccc(Cl)cc1NC(=O)N1CCN(c2ccc(C3CC3)nn2)CC1. The van der Waals surface area contributed by atoms with Crippen LogP contribution in [0.3, 0.4) is 0 Å². The van der Waals surface area contributed by atoms with E-state index in [1.54, 1.807) is 30.2 Å². The molecule has 0 radical (unpaired) electrons. The minimum absolute atomic E-state index is 0.162. The number of ether oxygens (including phenoxy) is 1. The molecule has 1 saturated carbocycles. The van der Waals surface area contributed by atoms with Crippen molar-refractivity contribution < 1.29 is 9.53 Å². The average molecular weight is 388 g/mol. The molecule has 0 atom stereocenters. The first-order valence-electron chi connectivity index (χ1n) is 9.12. The van der Waals surface area contributed by atoms with Gasteiger partial charge in [-0.1, -0.05) is 11.6 Å². The van der Waals surface area contributed by atoms with Crippen LogP contribution in [0.4, 0.5) is 16.3 Å². The van der Waals surface area contributed by atoms with E-state index in [1.807, 2.05) is 6.07 Å². The van der Waals surface area contributed by atoms with E-state index in [0.717, 1.165) is 24.6 Å². The fourth-order valence-electron chi connectivity index (χ4n) is 3.21. The van der Waals surface area contributed by atoms with Crippen LogP contribution in [-0.4, -0.2) is 54.4 Å². The molecule has 8 heteroatoms. The van der Waals surface area contributed by atoms with Crippen LogP contribution in [0, 0.1) is 0 Å². The largest absolute Gasteiger partial charge is 0.495 e. The Hall–Kier alpha value is -2.54. The summed E-state index contributed by atoms with van der Waals surface area (Å²) in [6.07, 6.45) is 2.44.